The van der Waals surface area contributed by atoms with E-state index >= 15 is 0 Å². The number of carbonyl (C=O) groups excluding carboxylic acids is 1. The lowest BCUT2D eigenvalue weighted by Crippen LogP contribution is -2.72. The fraction of sp³-hybridized carbons (Fsp3) is 0.933. The molecule has 4 aliphatic rings. The van der Waals surface area contributed by atoms with Gasteiger partial charge in [0.15, 0.2) is 11.4 Å². The highest BCUT2D eigenvalue weighted by molar-refractivity contribution is 5.91. The summed E-state index contributed by atoms with van der Waals surface area (Å²) in [4.78, 5) is 12.7. The van der Waals surface area contributed by atoms with Crippen molar-refractivity contribution in [2.24, 2.45) is 0 Å². The molecule has 4 heteroatoms. The van der Waals surface area contributed by atoms with E-state index in [0.717, 1.165) is 58.2 Å². The minimum atomic E-state index is -0.702. The lowest BCUT2D eigenvalue weighted by molar-refractivity contribution is -0.262. The van der Waals surface area contributed by atoms with Gasteiger partial charge in [0, 0.05) is 26.2 Å². The Balaban J connectivity index is 1.85. The van der Waals surface area contributed by atoms with E-state index in [1.807, 2.05) is 0 Å². The SMILES string of the molecule is O=C1CC[C@]2(CCCO2)[C@@]2(CCCO2)[C@]12CCCO2. The van der Waals surface area contributed by atoms with Gasteiger partial charge < -0.3 is 14.2 Å². The zero-order valence-corrected chi connectivity index (χ0v) is 11.4. The Labute approximate surface area is 113 Å². The zero-order valence-electron chi connectivity index (χ0n) is 11.4. The van der Waals surface area contributed by atoms with E-state index in [4.69, 9.17) is 14.2 Å². The van der Waals surface area contributed by atoms with Gasteiger partial charge in [-0.1, -0.05) is 0 Å². The number of rotatable bonds is 0. The predicted octanol–water partition coefficient (Wildman–Crippen LogP) is 2.00. The number of Topliss-reactive ketones (excluding diaryl/α,β-unsaturated/α-hetero) is 1. The van der Waals surface area contributed by atoms with Crippen molar-refractivity contribution in [3.8, 4) is 0 Å². The van der Waals surface area contributed by atoms with Gasteiger partial charge in [-0.2, -0.15) is 0 Å². The van der Waals surface area contributed by atoms with Crippen molar-refractivity contribution in [3.05, 3.63) is 0 Å². The second kappa shape index (κ2) is 4.03. The minimum absolute atomic E-state index is 0.257. The summed E-state index contributed by atoms with van der Waals surface area (Å²) < 4.78 is 18.5. The molecule has 3 aliphatic heterocycles. The second-order valence-electron chi connectivity index (χ2n) is 6.43. The summed E-state index contributed by atoms with van der Waals surface area (Å²) in [6.07, 6.45) is 7.22. The van der Waals surface area contributed by atoms with Crippen molar-refractivity contribution in [3.63, 3.8) is 0 Å². The van der Waals surface area contributed by atoms with E-state index in [1.54, 1.807) is 0 Å². The molecule has 1 aliphatic carbocycles. The van der Waals surface area contributed by atoms with Crippen molar-refractivity contribution in [1.29, 1.82) is 0 Å². The van der Waals surface area contributed by atoms with Crippen LogP contribution in [0.2, 0.25) is 0 Å². The largest absolute Gasteiger partial charge is 0.372 e. The number of ketones is 1. The fourth-order valence-electron chi connectivity index (χ4n) is 5.02. The van der Waals surface area contributed by atoms with E-state index in [9.17, 15) is 4.79 Å². The Kier molecular flexibility index (Phi) is 2.61. The third-order valence-electron chi connectivity index (χ3n) is 5.74. The van der Waals surface area contributed by atoms with Gasteiger partial charge in [-0.25, -0.2) is 0 Å². The molecule has 3 spiro atoms. The monoisotopic (exact) mass is 266 g/mol. The van der Waals surface area contributed by atoms with Crippen molar-refractivity contribution in [1.82, 2.24) is 0 Å². The summed E-state index contributed by atoms with van der Waals surface area (Å²) in [7, 11) is 0. The third-order valence-corrected chi connectivity index (χ3v) is 5.74. The molecule has 0 aromatic rings. The van der Waals surface area contributed by atoms with Crippen LogP contribution in [0.4, 0.5) is 0 Å². The van der Waals surface area contributed by atoms with E-state index in [-0.39, 0.29) is 11.4 Å². The summed E-state index contributed by atoms with van der Waals surface area (Å²) in [6.45, 7) is 2.23. The summed E-state index contributed by atoms with van der Waals surface area (Å²) in [5.41, 5.74) is -1.46. The predicted molar refractivity (Wildman–Crippen MR) is 68.0 cm³/mol. The van der Waals surface area contributed by atoms with Crippen LogP contribution in [0.25, 0.3) is 0 Å². The standard InChI is InChI=1S/C15H22O4/c16-12-4-8-13(5-1-9-17-13)15(7-3-11-19-15)14(12)6-2-10-18-14/h1-11H2/t13-,14+,15+/m1/s1. The van der Waals surface area contributed by atoms with E-state index in [0.29, 0.717) is 13.0 Å². The smallest absolute Gasteiger partial charge is 0.167 e. The minimum Gasteiger partial charge on any atom is -0.372 e. The topological polar surface area (TPSA) is 44.8 Å². The van der Waals surface area contributed by atoms with Crippen LogP contribution in [0.15, 0.2) is 0 Å². The third kappa shape index (κ3) is 1.33. The molecule has 3 saturated heterocycles. The molecule has 0 radical (unpaired) electrons. The molecule has 0 unspecified atom stereocenters. The van der Waals surface area contributed by atoms with E-state index in [1.165, 1.54) is 0 Å². The Bertz CT molecular complexity index is 385. The number of ether oxygens (including phenoxy) is 3. The molecule has 106 valence electrons. The average molecular weight is 266 g/mol. The van der Waals surface area contributed by atoms with Gasteiger partial charge in [-0.15, -0.1) is 0 Å². The van der Waals surface area contributed by atoms with Crippen LogP contribution in [0, 0.1) is 0 Å². The highest BCUT2D eigenvalue weighted by atomic mass is 16.6. The molecule has 0 bridgehead atoms. The van der Waals surface area contributed by atoms with Crippen molar-refractivity contribution in [2.75, 3.05) is 19.8 Å². The molecule has 19 heavy (non-hydrogen) atoms. The maximum Gasteiger partial charge on any atom is 0.167 e. The lowest BCUT2D eigenvalue weighted by Gasteiger charge is -2.56. The van der Waals surface area contributed by atoms with Crippen LogP contribution in [0.1, 0.15) is 51.4 Å². The molecular weight excluding hydrogens is 244 g/mol. The van der Waals surface area contributed by atoms with Crippen LogP contribution in [-0.4, -0.2) is 42.4 Å². The number of hydrogen-bond acceptors (Lipinski definition) is 4. The van der Waals surface area contributed by atoms with E-state index in [2.05, 4.69) is 0 Å². The highest BCUT2D eigenvalue weighted by Gasteiger charge is 2.73. The first-order valence-electron chi connectivity index (χ1n) is 7.70. The molecular formula is C15H22O4. The number of carbonyl (C=O) groups is 1. The van der Waals surface area contributed by atoms with Crippen LogP contribution in [-0.2, 0) is 19.0 Å². The summed E-state index contributed by atoms with van der Waals surface area (Å²) in [5, 5.41) is 0. The van der Waals surface area contributed by atoms with Crippen molar-refractivity contribution >= 4 is 5.78 Å². The first-order chi connectivity index (χ1) is 9.25. The van der Waals surface area contributed by atoms with Crippen LogP contribution in [0.5, 0.6) is 0 Å². The van der Waals surface area contributed by atoms with Gasteiger partial charge in [0.05, 0.1) is 0 Å². The van der Waals surface area contributed by atoms with E-state index < -0.39 is 11.2 Å². The lowest BCUT2D eigenvalue weighted by atomic mass is 9.59. The van der Waals surface area contributed by atoms with Gasteiger partial charge >= 0.3 is 0 Å². The summed E-state index contributed by atoms with van der Waals surface area (Å²) >= 11 is 0. The average Bonchev–Trinajstić information content (AvgIpc) is 3.13. The Morgan fingerprint density at radius 2 is 1.53 bits per heavy atom. The fourth-order valence-corrected chi connectivity index (χ4v) is 5.02. The Morgan fingerprint density at radius 1 is 0.789 bits per heavy atom. The summed E-state index contributed by atoms with van der Waals surface area (Å²) in [5.74, 6) is 0.257. The van der Waals surface area contributed by atoms with Crippen LogP contribution in [0.3, 0.4) is 0 Å². The van der Waals surface area contributed by atoms with Gasteiger partial charge in [0.2, 0.25) is 0 Å². The molecule has 3 atom stereocenters. The zero-order chi connectivity index (χ0) is 13.0. The van der Waals surface area contributed by atoms with Gasteiger partial charge in [-0.05, 0) is 44.9 Å². The molecule has 4 rings (SSSR count). The maximum atomic E-state index is 12.7. The molecule has 1 saturated carbocycles. The Morgan fingerprint density at radius 3 is 2.16 bits per heavy atom. The normalized spacial score (nSPS) is 50.0. The molecule has 4 fully saturated rings. The molecule has 0 aromatic carbocycles. The van der Waals surface area contributed by atoms with Crippen LogP contribution < -0.4 is 0 Å². The number of hydrogen-bond donors (Lipinski definition) is 0. The van der Waals surface area contributed by atoms with Gasteiger partial charge in [-0.3, -0.25) is 4.79 Å². The molecule has 3 heterocycles. The first kappa shape index (κ1) is 12.3. The Hall–Kier alpha value is -0.450. The van der Waals surface area contributed by atoms with Gasteiger partial charge in [0.25, 0.3) is 0 Å². The first-order valence-corrected chi connectivity index (χ1v) is 7.70. The van der Waals surface area contributed by atoms with Crippen molar-refractivity contribution < 1.29 is 19.0 Å². The van der Waals surface area contributed by atoms with Crippen molar-refractivity contribution in [2.45, 2.75) is 68.2 Å². The second-order valence-corrected chi connectivity index (χ2v) is 6.43. The highest BCUT2D eigenvalue weighted by Crippen LogP contribution is 2.59. The van der Waals surface area contributed by atoms with Gasteiger partial charge in [0.1, 0.15) is 11.2 Å². The maximum absolute atomic E-state index is 12.7. The quantitative estimate of drug-likeness (QED) is 0.672. The molecule has 4 nitrogen and oxygen atoms in total. The molecule has 0 amide bonds. The summed E-state index contributed by atoms with van der Waals surface area (Å²) in [6, 6.07) is 0. The number of fused-ring (bicyclic) bond motifs is 2. The molecule has 0 aromatic heterocycles. The molecule has 0 N–H and O–H groups in total. The van der Waals surface area contributed by atoms with Crippen LogP contribution >= 0.6 is 0 Å².